The molecule has 1 amide bonds. The van der Waals surface area contributed by atoms with Crippen molar-refractivity contribution in [1.29, 1.82) is 0 Å². The van der Waals surface area contributed by atoms with E-state index in [0.29, 0.717) is 13.2 Å². The van der Waals surface area contributed by atoms with Crippen molar-refractivity contribution in [2.45, 2.75) is 17.7 Å². The molecule has 0 bridgehead atoms. The van der Waals surface area contributed by atoms with Crippen molar-refractivity contribution in [3.63, 3.8) is 0 Å². The predicted molar refractivity (Wildman–Crippen MR) is 98.2 cm³/mol. The zero-order valence-corrected chi connectivity index (χ0v) is 16.1. The van der Waals surface area contributed by atoms with Crippen molar-refractivity contribution in [3.05, 3.63) is 47.3 Å². The summed E-state index contributed by atoms with van der Waals surface area (Å²) < 4.78 is 31.4. The van der Waals surface area contributed by atoms with Gasteiger partial charge in [0.1, 0.15) is 9.96 Å². The lowest BCUT2D eigenvalue weighted by molar-refractivity contribution is -0.130. The Labute approximate surface area is 152 Å². The van der Waals surface area contributed by atoms with E-state index in [1.165, 1.54) is 18.0 Å². The molecular formula is C17H22N2O4S2. The molecule has 0 saturated heterocycles. The van der Waals surface area contributed by atoms with Crippen molar-refractivity contribution in [2.24, 2.45) is 0 Å². The Balaban J connectivity index is 1.95. The van der Waals surface area contributed by atoms with Gasteiger partial charge in [0.15, 0.2) is 0 Å². The van der Waals surface area contributed by atoms with Crippen LogP contribution in [-0.4, -0.2) is 50.8 Å². The van der Waals surface area contributed by atoms with Gasteiger partial charge in [-0.25, -0.2) is 8.42 Å². The molecule has 2 rings (SSSR count). The summed E-state index contributed by atoms with van der Waals surface area (Å²) in [6.45, 7) is 2.72. The smallest absolute Gasteiger partial charge is 0.252 e. The molecule has 1 heterocycles. The third-order valence-corrected chi connectivity index (χ3v) is 6.77. The summed E-state index contributed by atoms with van der Waals surface area (Å²) in [6, 6.07) is 10.7. The zero-order valence-electron chi connectivity index (χ0n) is 14.5. The second-order valence-corrected chi connectivity index (χ2v) is 8.74. The molecule has 0 saturated carbocycles. The van der Waals surface area contributed by atoms with Crippen molar-refractivity contribution in [2.75, 3.05) is 27.2 Å². The lowest BCUT2D eigenvalue weighted by Crippen LogP contribution is -2.38. The highest BCUT2D eigenvalue weighted by Crippen LogP contribution is 2.20. The minimum atomic E-state index is -3.62. The molecule has 0 radical (unpaired) electrons. The molecule has 0 aliphatic heterocycles. The highest BCUT2D eigenvalue weighted by Gasteiger charge is 2.25. The Bertz CT molecular complexity index is 787. The van der Waals surface area contributed by atoms with Gasteiger partial charge in [0.05, 0.1) is 13.2 Å². The molecule has 0 atom stereocenters. The monoisotopic (exact) mass is 382 g/mol. The van der Waals surface area contributed by atoms with Gasteiger partial charge >= 0.3 is 0 Å². The average molecular weight is 383 g/mol. The Morgan fingerprint density at radius 3 is 2.40 bits per heavy atom. The van der Waals surface area contributed by atoms with Crippen LogP contribution in [0.15, 0.2) is 46.0 Å². The largest absolute Gasteiger partial charge is 0.494 e. The van der Waals surface area contributed by atoms with E-state index in [4.69, 9.17) is 4.74 Å². The second kappa shape index (κ2) is 8.46. The summed E-state index contributed by atoms with van der Waals surface area (Å²) in [5.41, 5.74) is 0.947. The SMILES string of the molecule is CCOc1ccc(CN(C)C(=O)CN(C)S(=O)(=O)c2cccs2)cc1. The van der Waals surface area contributed by atoms with Crippen molar-refractivity contribution < 1.29 is 17.9 Å². The lowest BCUT2D eigenvalue weighted by atomic mass is 10.2. The summed E-state index contributed by atoms with van der Waals surface area (Å²) >= 11 is 1.14. The maximum atomic E-state index is 12.4. The normalized spacial score (nSPS) is 11.5. The van der Waals surface area contributed by atoms with Gasteiger partial charge in [-0.1, -0.05) is 18.2 Å². The van der Waals surface area contributed by atoms with Crippen LogP contribution in [-0.2, 0) is 21.4 Å². The van der Waals surface area contributed by atoms with Crippen LogP contribution in [0.3, 0.4) is 0 Å². The van der Waals surface area contributed by atoms with Crippen LogP contribution in [0.1, 0.15) is 12.5 Å². The number of nitrogens with zero attached hydrogens (tertiary/aromatic N) is 2. The Morgan fingerprint density at radius 2 is 1.84 bits per heavy atom. The van der Waals surface area contributed by atoms with E-state index in [2.05, 4.69) is 0 Å². The summed E-state index contributed by atoms with van der Waals surface area (Å²) in [6.07, 6.45) is 0. The van der Waals surface area contributed by atoms with Gasteiger partial charge in [0.2, 0.25) is 5.91 Å². The van der Waals surface area contributed by atoms with E-state index in [1.807, 2.05) is 31.2 Å². The van der Waals surface area contributed by atoms with E-state index in [1.54, 1.807) is 18.5 Å². The van der Waals surface area contributed by atoms with Gasteiger partial charge in [-0.2, -0.15) is 4.31 Å². The molecule has 2 aromatic rings. The first-order chi connectivity index (χ1) is 11.8. The van der Waals surface area contributed by atoms with Crippen LogP contribution in [0.4, 0.5) is 0 Å². The number of likely N-dealkylation sites (N-methyl/N-ethyl adjacent to an activating group) is 2. The first-order valence-corrected chi connectivity index (χ1v) is 10.1. The van der Waals surface area contributed by atoms with Crippen molar-refractivity contribution >= 4 is 27.3 Å². The maximum Gasteiger partial charge on any atom is 0.252 e. The number of benzene rings is 1. The lowest BCUT2D eigenvalue weighted by Gasteiger charge is -2.21. The quantitative estimate of drug-likeness (QED) is 0.703. The van der Waals surface area contributed by atoms with E-state index in [-0.39, 0.29) is 16.7 Å². The van der Waals surface area contributed by atoms with E-state index >= 15 is 0 Å². The number of ether oxygens (including phenoxy) is 1. The summed E-state index contributed by atoms with van der Waals surface area (Å²) in [7, 11) is -0.550. The van der Waals surface area contributed by atoms with Crippen LogP contribution in [0.5, 0.6) is 5.75 Å². The van der Waals surface area contributed by atoms with Crippen LogP contribution in [0.25, 0.3) is 0 Å². The highest BCUT2D eigenvalue weighted by atomic mass is 32.2. The molecule has 0 fully saturated rings. The van der Waals surface area contributed by atoms with Crippen LogP contribution in [0, 0.1) is 0 Å². The average Bonchev–Trinajstić information content (AvgIpc) is 3.12. The summed E-state index contributed by atoms with van der Waals surface area (Å²) in [5, 5.41) is 1.70. The molecule has 8 heteroatoms. The minimum Gasteiger partial charge on any atom is -0.494 e. The first kappa shape index (κ1) is 19.4. The fourth-order valence-corrected chi connectivity index (χ4v) is 4.50. The fraction of sp³-hybridized carbons (Fsp3) is 0.353. The zero-order chi connectivity index (χ0) is 18.4. The highest BCUT2D eigenvalue weighted by molar-refractivity contribution is 7.91. The molecule has 0 unspecified atom stereocenters. The Hall–Kier alpha value is -1.90. The van der Waals surface area contributed by atoms with Crippen LogP contribution >= 0.6 is 11.3 Å². The van der Waals surface area contributed by atoms with Gasteiger partial charge in [0, 0.05) is 20.6 Å². The topological polar surface area (TPSA) is 66.9 Å². The molecule has 0 aliphatic carbocycles. The third kappa shape index (κ3) is 5.04. The molecule has 1 aromatic carbocycles. The number of sulfonamides is 1. The Kier molecular flexibility index (Phi) is 6.57. The molecular weight excluding hydrogens is 360 g/mol. The number of amides is 1. The molecule has 25 heavy (non-hydrogen) atoms. The van der Waals surface area contributed by atoms with E-state index < -0.39 is 10.0 Å². The minimum absolute atomic E-state index is 0.201. The molecule has 0 spiro atoms. The van der Waals surface area contributed by atoms with Crippen molar-refractivity contribution in [3.8, 4) is 5.75 Å². The summed E-state index contributed by atoms with van der Waals surface area (Å²) in [5.74, 6) is 0.513. The Morgan fingerprint density at radius 1 is 1.16 bits per heavy atom. The van der Waals surface area contributed by atoms with E-state index in [9.17, 15) is 13.2 Å². The van der Waals surface area contributed by atoms with Gasteiger partial charge in [-0.3, -0.25) is 4.79 Å². The molecule has 136 valence electrons. The number of hydrogen-bond donors (Lipinski definition) is 0. The van der Waals surface area contributed by atoms with Gasteiger partial charge in [-0.15, -0.1) is 11.3 Å². The standard InChI is InChI=1S/C17H22N2O4S2/c1-4-23-15-9-7-14(8-10-15)12-18(2)16(20)13-19(3)25(21,22)17-6-5-11-24-17/h5-11H,4,12-13H2,1-3H3. The van der Waals surface area contributed by atoms with Crippen molar-refractivity contribution in [1.82, 2.24) is 9.21 Å². The van der Waals surface area contributed by atoms with Gasteiger partial charge in [0.25, 0.3) is 10.0 Å². The molecule has 6 nitrogen and oxygen atoms in total. The number of rotatable bonds is 8. The molecule has 0 N–H and O–H groups in total. The van der Waals surface area contributed by atoms with Gasteiger partial charge in [-0.05, 0) is 36.1 Å². The predicted octanol–water partition coefficient (Wildman–Crippen LogP) is 2.43. The number of carbonyl (C=O) groups excluding carboxylic acids is 1. The maximum absolute atomic E-state index is 12.4. The number of carbonyl (C=O) groups is 1. The summed E-state index contributed by atoms with van der Waals surface area (Å²) in [4.78, 5) is 13.9. The molecule has 0 aliphatic rings. The number of hydrogen-bond acceptors (Lipinski definition) is 5. The fourth-order valence-electron chi connectivity index (χ4n) is 2.18. The van der Waals surface area contributed by atoms with Crippen LogP contribution < -0.4 is 4.74 Å². The van der Waals surface area contributed by atoms with Gasteiger partial charge < -0.3 is 9.64 Å². The van der Waals surface area contributed by atoms with E-state index in [0.717, 1.165) is 27.0 Å². The second-order valence-electron chi connectivity index (χ2n) is 5.52. The van der Waals surface area contributed by atoms with Crippen LogP contribution in [0.2, 0.25) is 0 Å². The first-order valence-electron chi connectivity index (χ1n) is 7.80. The molecule has 1 aromatic heterocycles. The number of thiophene rings is 1. The third-order valence-electron chi connectivity index (χ3n) is 3.60.